The summed E-state index contributed by atoms with van der Waals surface area (Å²) in [6, 6.07) is 24.6. The fraction of sp³-hybridized carbons (Fsp3) is 0.333. The Labute approximate surface area is 180 Å². The fourth-order valence-corrected chi connectivity index (χ4v) is 3.55. The quantitative estimate of drug-likeness (QED) is 0.454. The fourth-order valence-electron chi connectivity index (χ4n) is 3.55. The van der Waals surface area contributed by atoms with Crippen molar-refractivity contribution < 1.29 is 10.2 Å². The SMILES string of the molecule is Cc1ccc(N(c2ccc(C(O)C(C)C)cc2)c2ccc(C(O)C(C)C)cc2)cc1. The predicted molar refractivity (Wildman–Crippen MR) is 125 cm³/mol. The lowest BCUT2D eigenvalue weighted by Crippen LogP contribution is -2.11. The Hall–Kier alpha value is -2.62. The highest BCUT2D eigenvalue weighted by Gasteiger charge is 2.17. The Balaban J connectivity index is 2.00. The number of aliphatic hydroxyl groups excluding tert-OH is 2. The molecule has 0 aliphatic carbocycles. The topological polar surface area (TPSA) is 43.7 Å². The molecule has 0 aliphatic rings. The van der Waals surface area contributed by atoms with Gasteiger partial charge in [0.1, 0.15) is 0 Å². The first kappa shape index (κ1) is 22.1. The van der Waals surface area contributed by atoms with E-state index in [0.29, 0.717) is 0 Å². The van der Waals surface area contributed by atoms with E-state index >= 15 is 0 Å². The van der Waals surface area contributed by atoms with Crippen LogP contribution >= 0.6 is 0 Å². The van der Waals surface area contributed by atoms with E-state index in [-0.39, 0.29) is 11.8 Å². The second kappa shape index (κ2) is 9.46. The van der Waals surface area contributed by atoms with Crippen LogP contribution in [-0.2, 0) is 0 Å². The maximum atomic E-state index is 10.4. The molecular formula is C27H33NO2. The molecular weight excluding hydrogens is 370 g/mol. The van der Waals surface area contributed by atoms with E-state index in [1.807, 2.05) is 52.0 Å². The average molecular weight is 404 g/mol. The zero-order valence-electron chi connectivity index (χ0n) is 18.6. The van der Waals surface area contributed by atoms with Crippen molar-refractivity contribution in [1.29, 1.82) is 0 Å². The van der Waals surface area contributed by atoms with Crippen molar-refractivity contribution in [3.63, 3.8) is 0 Å². The van der Waals surface area contributed by atoms with Gasteiger partial charge in [-0.2, -0.15) is 0 Å². The minimum absolute atomic E-state index is 0.170. The molecule has 0 saturated carbocycles. The van der Waals surface area contributed by atoms with E-state index < -0.39 is 12.2 Å². The number of benzene rings is 3. The minimum atomic E-state index is -0.469. The third-order valence-electron chi connectivity index (χ3n) is 5.54. The first-order valence-electron chi connectivity index (χ1n) is 10.7. The van der Waals surface area contributed by atoms with Crippen LogP contribution in [-0.4, -0.2) is 10.2 Å². The first-order chi connectivity index (χ1) is 14.3. The molecule has 3 rings (SSSR count). The van der Waals surface area contributed by atoms with Crippen LogP contribution in [0.25, 0.3) is 0 Å². The lowest BCUT2D eigenvalue weighted by Gasteiger charge is -2.27. The van der Waals surface area contributed by atoms with Gasteiger partial charge < -0.3 is 15.1 Å². The molecule has 2 atom stereocenters. The summed E-state index contributed by atoms with van der Waals surface area (Å²) >= 11 is 0. The van der Waals surface area contributed by atoms with Crippen molar-refractivity contribution in [3.8, 4) is 0 Å². The van der Waals surface area contributed by atoms with Crippen molar-refractivity contribution in [3.05, 3.63) is 89.5 Å². The molecule has 0 aliphatic heterocycles. The largest absolute Gasteiger partial charge is 0.388 e. The maximum absolute atomic E-state index is 10.4. The van der Waals surface area contributed by atoms with Crippen molar-refractivity contribution >= 4 is 17.1 Å². The molecule has 158 valence electrons. The van der Waals surface area contributed by atoms with Crippen molar-refractivity contribution in [1.82, 2.24) is 0 Å². The number of aryl methyl sites for hydroxylation is 1. The number of aliphatic hydroxyl groups is 2. The van der Waals surface area contributed by atoms with E-state index in [2.05, 4.69) is 60.4 Å². The molecule has 3 heteroatoms. The summed E-state index contributed by atoms with van der Waals surface area (Å²) in [5.41, 5.74) is 6.17. The van der Waals surface area contributed by atoms with Crippen LogP contribution in [0.5, 0.6) is 0 Å². The van der Waals surface area contributed by atoms with Gasteiger partial charge in [-0.15, -0.1) is 0 Å². The highest BCUT2D eigenvalue weighted by Crippen LogP contribution is 2.36. The van der Waals surface area contributed by atoms with Gasteiger partial charge in [0.15, 0.2) is 0 Å². The van der Waals surface area contributed by atoms with E-state index in [4.69, 9.17) is 0 Å². The Kier molecular flexibility index (Phi) is 6.96. The van der Waals surface area contributed by atoms with Gasteiger partial charge in [0.05, 0.1) is 12.2 Å². The Bertz CT molecular complexity index is 871. The molecule has 0 heterocycles. The van der Waals surface area contributed by atoms with Crippen molar-refractivity contribution in [2.24, 2.45) is 11.8 Å². The standard InChI is InChI=1S/C27H33NO2/c1-18(2)26(29)21-8-14-24(15-9-21)28(23-12-6-20(5)7-13-23)25-16-10-22(11-17-25)27(30)19(3)4/h6-19,26-27,29-30H,1-5H3. The van der Waals surface area contributed by atoms with Crippen LogP contribution < -0.4 is 4.90 Å². The summed E-state index contributed by atoms with van der Waals surface area (Å²) in [6.07, 6.45) is -0.938. The summed E-state index contributed by atoms with van der Waals surface area (Å²) in [5, 5.41) is 20.8. The van der Waals surface area contributed by atoms with E-state index in [9.17, 15) is 10.2 Å². The van der Waals surface area contributed by atoms with Crippen LogP contribution in [0, 0.1) is 18.8 Å². The zero-order valence-corrected chi connectivity index (χ0v) is 18.6. The molecule has 3 aromatic carbocycles. The highest BCUT2D eigenvalue weighted by molar-refractivity contribution is 5.76. The second-order valence-electron chi connectivity index (χ2n) is 8.73. The lowest BCUT2D eigenvalue weighted by molar-refractivity contribution is 0.127. The lowest BCUT2D eigenvalue weighted by atomic mass is 9.98. The Morgan fingerprint density at radius 2 is 0.833 bits per heavy atom. The summed E-state index contributed by atoms with van der Waals surface area (Å²) in [5.74, 6) is 0.341. The van der Waals surface area contributed by atoms with E-state index in [1.54, 1.807) is 0 Å². The van der Waals surface area contributed by atoms with Crippen molar-refractivity contribution in [2.45, 2.75) is 46.8 Å². The summed E-state index contributed by atoms with van der Waals surface area (Å²) in [4.78, 5) is 2.19. The van der Waals surface area contributed by atoms with E-state index in [0.717, 1.165) is 28.2 Å². The molecule has 30 heavy (non-hydrogen) atoms. The summed E-state index contributed by atoms with van der Waals surface area (Å²) < 4.78 is 0. The molecule has 0 bridgehead atoms. The van der Waals surface area contributed by atoms with Gasteiger partial charge in [-0.05, 0) is 66.3 Å². The molecule has 2 N–H and O–H groups in total. The van der Waals surface area contributed by atoms with Gasteiger partial charge in [0, 0.05) is 17.1 Å². The number of rotatable bonds is 7. The molecule has 2 unspecified atom stereocenters. The smallest absolute Gasteiger partial charge is 0.0812 e. The third kappa shape index (κ3) is 4.92. The zero-order chi connectivity index (χ0) is 21.8. The van der Waals surface area contributed by atoms with Crippen LogP contribution in [0.15, 0.2) is 72.8 Å². The van der Waals surface area contributed by atoms with Gasteiger partial charge in [0.25, 0.3) is 0 Å². The Morgan fingerprint density at radius 3 is 1.13 bits per heavy atom. The van der Waals surface area contributed by atoms with Gasteiger partial charge in [-0.25, -0.2) is 0 Å². The number of hydrogen-bond acceptors (Lipinski definition) is 3. The summed E-state index contributed by atoms with van der Waals surface area (Å²) in [7, 11) is 0. The van der Waals surface area contributed by atoms with Crippen LogP contribution in [0.4, 0.5) is 17.1 Å². The highest BCUT2D eigenvalue weighted by atomic mass is 16.3. The van der Waals surface area contributed by atoms with E-state index in [1.165, 1.54) is 5.56 Å². The predicted octanol–water partition coefficient (Wildman–Crippen LogP) is 6.84. The minimum Gasteiger partial charge on any atom is -0.388 e. The molecule has 0 amide bonds. The van der Waals surface area contributed by atoms with Gasteiger partial charge >= 0.3 is 0 Å². The first-order valence-corrected chi connectivity index (χ1v) is 10.7. The molecule has 0 fully saturated rings. The van der Waals surface area contributed by atoms with Gasteiger partial charge in [0.2, 0.25) is 0 Å². The molecule has 0 aromatic heterocycles. The normalized spacial score (nSPS) is 13.5. The summed E-state index contributed by atoms with van der Waals surface area (Å²) in [6.45, 7) is 10.2. The molecule has 0 saturated heterocycles. The number of nitrogens with zero attached hydrogens (tertiary/aromatic N) is 1. The average Bonchev–Trinajstić information content (AvgIpc) is 2.75. The number of hydrogen-bond donors (Lipinski definition) is 2. The van der Waals surface area contributed by atoms with Crippen LogP contribution in [0.3, 0.4) is 0 Å². The van der Waals surface area contributed by atoms with Crippen molar-refractivity contribution in [2.75, 3.05) is 4.90 Å². The molecule has 3 nitrogen and oxygen atoms in total. The monoisotopic (exact) mass is 403 g/mol. The van der Waals surface area contributed by atoms with Gasteiger partial charge in [-0.3, -0.25) is 0 Å². The number of anilines is 3. The van der Waals surface area contributed by atoms with Crippen LogP contribution in [0.2, 0.25) is 0 Å². The van der Waals surface area contributed by atoms with Gasteiger partial charge in [-0.1, -0.05) is 69.7 Å². The second-order valence-corrected chi connectivity index (χ2v) is 8.73. The Morgan fingerprint density at radius 1 is 0.533 bits per heavy atom. The maximum Gasteiger partial charge on any atom is 0.0812 e. The molecule has 0 spiro atoms. The van der Waals surface area contributed by atoms with Crippen LogP contribution in [0.1, 0.15) is 56.6 Å². The molecule has 3 aromatic rings. The molecule has 0 radical (unpaired) electrons. The third-order valence-corrected chi connectivity index (χ3v) is 5.54.